The van der Waals surface area contributed by atoms with E-state index in [9.17, 15) is 0 Å². The van der Waals surface area contributed by atoms with Crippen molar-refractivity contribution in [1.29, 1.82) is 0 Å². The normalized spacial score (nSPS) is 13.1. The molecule has 0 aromatic rings. The monoisotopic (exact) mass is 134 g/mol. The minimum atomic E-state index is 1.17. The molecule has 0 heterocycles. The molecule has 1 rings (SSSR count). The van der Waals surface area contributed by atoms with Gasteiger partial charge in [0.05, 0.1) is 0 Å². The lowest BCUT2D eigenvalue weighted by Crippen LogP contribution is -1.58. The molecule has 0 heteroatoms. The highest BCUT2D eigenvalue weighted by Crippen LogP contribution is 2.06. The van der Waals surface area contributed by atoms with Gasteiger partial charge in [-0.15, -0.1) is 0 Å². The smallest absolute Gasteiger partial charge is 0.0135 e. The van der Waals surface area contributed by atoms with E-state index in [1.54, 1.807) is 12.2 Å². The van der Waals surface area contributed by atoms with Crippen molar-refractivity contribution < 1.29 is 0 Å². The minimum Gasteiger partial charge on any atom is -0.0991 e. The van der Waals surface area contributed by atoms with Crippen molar-refractivity contribution in [3.05, 3.63) is 49.1 Å². The zero-order valence-electron chi connectivity index (χ0n) is 6.51. The topological polar surface area (TPSA) is 0 Å². The Morgan fingerprint density at radius 2 is 2.00 bits per heavy atom. The molecule has 0 aromatic carbocycles. The van der Waals surface area contributed by atoms with Gasteiger partial charge in [-0.2, -0.15) is 0 Å². The van der Waals surface area contributed by atoms with Gasteiger partial charge in [0.25, 0.3) is 0 Å². The average molecular weight is 134 g/mol. The fraction of sp³-hybridized carbons (Fsp3) is 0.200. The molecular formula is C10H14. The van der Waals surface area contributed by atoms with Crippen molar-refractivity contribution in [3.63, 3.8) is 0 Å². The van der Waals surface area contributed by atoms with Crippen molar-refractivity contribution >= 4 is 0 Å². The molecular weight excluding hydrogens is 120 g/mol. The van der Waals surface area contributed by atoms with Crippen LogP contribution in [0.2, 0.25) is 0 Å². The molecule has 0 fully saturated rings. The first-order chi connectivity index (χ1) is 4.81. The van der Waals surface area contributed by atoms with E-state index in [2.05, 4.69) is 38.3 Å². The highest BCUT2D eigenvalue weighted by molar-refractivity contribution is 5.20. The van der Waals surface area contributed by atoms with Crippen LogP contribution in [0.4, 0.5) is 0 Å². The van der Waals surface area contributed by atoms with Gasteiger partial charge in [-0.05, 0) is 13.3 Å². The van der Waals surface area contributed by atoms with Crippen LogP contribution in [0.15, 0.2) is 49.1 Å². The maximum atomic E-state index is 3.36. The molecule has 0 N–H and O–H groups in total. The Morgan fingerprint density at radius 3 is 2.10 bits per heavy atom. The summed E-state index contributed by atoms with van der Waals surface area (Å²) in [7, 11) is 0. The van der Waals surface area contributed by atoms with Gasteiger partial charge < -0.3 is 0 Å². The molecule has 0 aliphatic heterocycles. The van der Waals surface area contributed by atoms with Gasteiger partial charge in [-0.3, -0.25) is 0 Å². The fourth-order valence-electron chi connectivity index (χ4n) is 0.554. The van der Waals surface area contributed by atoms with Crippen molar-refractivity contribution in [2.45, 2.75) is 13.3 Å². The Morgan fingerprint density at radius 1 is 1.40 bits per heavy atom. The van der Waals surface area contributed by atoms with Gasteiger partial charge in [0.2, 0.25) is 0 Å². The Hall–Kier alpha value is -1.04. The summed E-state index contributed by atoms with van der Waals surface area (Å²) in [6.45, 7) is 8.86. The van der Waals surface area contributed by atoms with Gasteiger partial charge in [0, 0.05) is 0 Å². The summed E-state index contributed by atoms with van der Waals surface area (Å²) in [5.74, 6) is 0. The average Bonchev–Trinajstić information content (AvgIpc) is 2.40. The Kier molecular flexibility index (Phi) is 5.45. The van der Waals surface area contributed by atoms with Crippen molar-refractivity contribution in [2.24, 2.45) is 0 Å². The maximum Gasteiger partial charge on any atom is -0.0135 e. The summed E-state index contributed by atoms with van der Waals surface area (Å²) in [5, 5.41) is 0. The second-order valence-corrected chi connectivity index (χ2v) is 2.12. The van der Waals surface area contributed by atoms with Crippen molar-refractivity contribution in [1.82, 2.24) is 0 Å². The second-order valence-electron chi connectivity index (χ2n) is 2.12. The van der Waals surface area contributed by atoms with Crippen molar-refractivity contribution in [3.8, 4) is 0 Å². The molecule has 0 radical (unpaired) electrons. The van der Waals surface area contributed by atoms with Crippen LogP contribution in [-0.2, 0) is 0 Å². The van der Waals surface area contributed by atoms with E-state index >= 15 is 0 Å². The fourth-order valence-corrected chi connectivity index (χ4v) is 0.554. The number of hydrogen-bond donors (Lipinski definition) is 0. The van der Waals surface area contributed by atoms with E-state index in [4.69, 9.17) is 0 Å². The number of allylic oxidation sites excluding steroid dienone is 6. The lowest BCUT2D eigenvalue weighted by atomic mass is 10.3. The molecule has 0 saturated carbocycles. The summed E-state index contributed by atoms with van der Waals surface area (Å²) in [6, 6.07) is 0. The molecule has 0 bridgehead atoms. The second kappa shape index (κ2) is 6.09. The molecule has 0 saturated heterocycles. The lowest BCUT2D eigenvalue weighted by molar-refractivity contribution is 1.25. The third-order valence-electron chi connectivity index (χ3n) is 1.12. The predicted octanol–water partition coefficient (Wildman–Crippen LogP) is 3.25. The van der Waals surface area contributed by atoms with E-state index in [1.165, 1.54) is 12.0 Å². The predicted molar refractivity (Wildman–Crippen MR) is 47.9 cm³/mol. The molecule has 1 aliphatic rings. The highest BCUT2D eigenvalue weighted by Gasteiger charge is 1.86. The van der Waals surface area contributed by atoms with E-state index < -0.39 is 0 Å². The summed E-state index contributed by atoms with van der Waals surface area (Å²) in [4.78, 5) is 0. The van der Waals surface area contributed by atoms with Gasteiger partial charge in [-0.25, -0.2) is 0 Å². The number of rotatable bonds is 1. The molecule has 0 nitrogen and oxygen atoms in total. The molecule has 54 valence electrons. The van der Waals surface area contributed by atoms with Crippen LogP contribution in [-0.4, -0.2) is 0 Å². The molecule has 0 atom stereocenters. The zero-order chi connectivity index (χ0) is 7.82. The quantitative estimate of drug-likeness (QED) is 0.483. The molecule has 10 heavy (non-hydrogen) atoms. The first-order valence-electron chi connectivity index (χ1n) is 3.37. The van der Waals surface area contributed by atoms with Crippen LogP contribution < -0.4 is 0 Å². The van der Waals surface area contributed by atoms with Crippen LogP contribution >= 0.6 is 0 Å². The molecule has 0 spiro atoms. The van der Waals surface area contributed by atoms with Gasteiger partial charge in [-0.1, -0.05) is 49.1 Å². The minimum absolute atomic E-state index is 1.17. The van der Waals surface area contributed by atoms with E-state index in [-0.39, 0.29) is 0 Å². The van der Waals surface area contributed by atoms with Crippen LogP contribution in [0, 0.1) is 0 Å². The molecule has 0 unspecified atom stereocenters. The standard InChI is InChI=1S/C6H8.C4H6/c1-6-4-2-3-5-6;1-3-4-2/h2-4H,5H2,1H3;3-4H,1-2H2. The molecule has 0 aromatic heterocycles. The summed E-state index contributed by atoms with van der Waals surface area (Å²) < 4.78 is 0. The first kappa shape index (κ1) is 8.96. The molecule has 0 amide bonds. The summed E-state index contributed by atoms with van der Waals surface area (Å²) in [5.41, 5.74) is 1.47. The Balaban J connectivity index is 0.000000180. The third kappa shape index (κ3) is 5.10. The largest absolute Gasteiger partial charge is 0.0991 e. The summed E-state index contributed by atoms with van der Waals surface area (Å²) in [6.07, 6.45) is 10.8. The van der Waals surface area contributed by atoms with Gasteiger partial charge in [0.15, 0.2) is 0 Å². The first-order valence-corrected chi connectivity index (χ1v) is 3.37. The zero-order valence-corrected chi connectivity index (χ0v) is 6.51. The third-order valence-corrected chi connectivity index (χ3v) is 1.12. The van der Waals surface area contributed by atoms with E-state index in [0.717, 1.165) is 0 Å². The van der Waals surface area contributed by atoms with Gasteiger partial charge in [0.1, 0.15) is 0 Å². The summed E-state index contributed by atoms with van der Waals surface area (Å²) >= 11 is 0. The maximum absolute atomic E-state index is 3.36. The highest BCUT2D eigenvalue weighted by atomic mass is 13.9. The SMILES string of the molecule is C=CC=C.CC1=CC=CC1. The van der Waals surface area contributed by atoms with Crippen LogP contribution in [0.5, 0.6) is 0 Å². The lowest BCUT2D eigenvalue weighted by Gasteiger charge is -1.78. The van der Waals surface area contributed by atoms with Crippen LogP contribution in [0.25, 0.3) is 0 Å². The van der Waals surface area contributed by atoms with Crippen molar-refractivity contribution in [2.75, 3.05) is 0 Å². The van der Waals surface area contributed by atoms with Crippen LogP contribution in [0.3, 0.4) is 0 Å². The Bertz CT molecular complexity index is 153. The van der Waals surface area contributed by atoms with Gasteiger partial charge >= 0.3 is 0 Å². The van der Waals surface area contributed by atoms with E-state index in [1.807, 2.05) is 0 Å². The molecule has 1 aliphatic carbocycles. The van der Waals surface area contributed by atoms with Crippen LogP contribution in [0.1, 0.15) is 13.3 Å². The number of hydrogen-bond acceptors (Lipinski definition) is 0. The van der Waals surface area contributed by atoms with E-state index in [0.29, 0.717) is 0 Å². The Labute approximate surface area is 63.3 Å².